The van der Waals surface area contributed by atoms with E-state index in [1.165, 1.54) is 55.4 Å². The molecule has 352 valence electrons. The number of rotatable bonds is 24. The van der Waals surface area contributed by atoms with Crippen LogP contribution in [-0.4, -0.2) is 241 Å². The molecule has 26 heteroatoms. The number of carbonyl (C=O) groups is 8. The van der Waals surface area contributed by atoms with Gasteiger partial charge in [-0.25, -0.2) is 0 Å². The average Bonchev–Trinajstić information content (AvgIpc) is 3.16. The Morgan fingerprint density at radius 3 is 0.597 bits per heavy atom. The Labute approximate surface area is 420 Å². The molecule has 0 aliphatic heterocycles. The van der Waals surface area contributed by atoms with Gasteiger partial charge >= 0.3 is 75.5 Å². The summed E-state index contributed by atoms with van der Waals surface area (Å²) in [5.41, 5.74) is -3.81. The summed E-state index contributed by atoms with van der Waals surface area (Å²) in [6.07, 6.45) is -6.71. The van der Waals surface area contributed by atoms with E-state index in [4.69, 9.17) is 20.4 Å². The molecule has 0 unspecified atom stereocenters. The minimum absolute atomic E-state index is 0. The number of aliphatic hydroxyl groups excluding tert-OH is 8. The summed E-state index contributed by atoms with van der Waals surface area (Å²) in [6.45, 7) is 10.4. The van der Waals surface area contributed by atoms with Crippen molar-refractivity contribution in [3.8, 4) is 0 Å². The van der Waals surface area contributed by atoms with Crippen LogP contribution >= 0.6 is 0 Å². The van der Waals surface area contributed by atoms with Gasteiger partial charge in [-0.2, -0.15) is 0 Å². The third kappa shape index (κ3) is 34.4. The maximum absolute atomic E-state index is 11.2. The van der Waals surface area contributed by atoms with Gasteiger partial charge in [0.2, 0.25) is 23.6 Å². The molecule has 0 aliphatic carbocycles. The Kier molecular flexibility index (Phi) is 41.8. The molecule has 0 aromatic rings. The Balaban J connectivity index is -0.000000167. The average molecular weight is 953 g/mol. The van der Waals surface area contributed by atoms with Gasteiger partial charge in [0.05, 0.1) is 26.4 Å². The molecule has 24 nitrogen and oxygen atoms in total. The van der Waals surface area contributed by atoms with Crippen LogP contribution in [0.4, 0.5) is 0 Å². The van der Waals surface area contributed by atoms with Crippen LogP contribution < -0.4 is 41.7 Å². The predicted octanol–water partition coefficient (Wildman–Crippen LogP) is -10.3. The van der Waals surface area contributed by atoms with Crippen molar-refractivity contribution in [3.05, 3.63) is 0 Å². The molecule has 0 radical (unpaired) electrons. The first kappa shape index (κ1) is 71.6. The minimum atomic E-state index is -1.37. The van der Waals surface area contributed by atoms with Crippen LogP contribution in [0.5, 0.6) is 0 Å². The number of carbonyl (C=O) groups excluding carboxylic acids is 8. The molecular weight excluding hydrogens is 889 g/mol. The summed E-state index contributed by atoms with van der Waals surface area (Å²) in [5.74, 6) is -7.88. The van der Waals surface area contributed by atoms with E-state index < -0.39 is 93.6 Å². The van der Waals surface area contributed by atoms with Crippen molar-refractivity contribution in [1.29, 1.82) is 0 Å². The summed E-state index contributed by atoms with van der Waals surface area (Å²) in [4.78, 5) is 85.1. The van der Waals surface area contributed by atoms with Gasteiger partial charge in [-0.1, -0.05) is 55.4 Å². The number of carboxylic acids is 4. The second kappa shape index (κ2) is 36.2. The molecule has 4 amide bonds. The van der Waals surface area contributed by atoms with E-state index in [0.29, 0.717) is 0 Å². The van der Waals surface area contributed by atoms with Crippen LogP contribution in [0.2, 0.25) is 0 Å². The van der Waals surface area contributed by atoms with Crippen molar-refractivity contribution >= 4 is 123 Å². The first-order valence-electron chi connectivity index (χ1n) is 18.3. The van der Waals surface area contributed by atoms with Crippen LogP contribution in [-0.2, 0) is 38.4 Å². The van der Waals surface area contributed by atoms with Crippen LogP contribution in [0.1, 0.15) is 81.1 Å². The SMILES string of the molecule is CC(C)(CO)[C@@H](O)C(=O)NCCC(=O)[O-].CC(C)(CO)[C@@H](O)C(=O)NCCC(=O)[O-].CC(C)(CO)[C@@H](O)C(=O)NCCC(=O)[O-].CC(C)(CO)[C@@H](O)C(=O)NCCC(=O)[O-].[Ca+2].[Ca+2]. The normalized spacial score (nSPS) is 12.9. The Hall–Kier alpha value is -2.04. The molecule has 0 rings (SSSR count). The summed E-state index contributed by atoms with van der Waals surface area (Å²) < 4.78 is 0. The van der Waals surface area contributed by atoms with E-state index in [0.717, 1.165) is 0 Å². The van der Waals surface area contributed by atoms with E-state index in [1.54, 1.807) is 0 Å². The number of hydrogen-bond acceptors (Lipinski definition) is 20. The number of nitrogens with one attached hydrogen (secondary N) is 4. The minimum Gasteiger partial charge on any atom is -0.550 e. The molecule has 0 saturated heterocycles. The van der Waals surface area contributed by atoms with Gasteiger partial charge < -0.3 is 102 Å². The maximum atomic E-state index is 11.2. The van der Waals surface area contributed by atoms with Gasteiger partial charge in [0.15, 0.2) is 0 Å². The summed E-state index contributed by atoms with van der Waals surface area (Å²) in [7, 11) is 0. The molecular formula is C36H64Ca2N4O20. The van der Waals surface area contributed by atoms with Crippen LogP contribution in [0.3, 0.4) is 0 Å². The number of aliphatic hydroxyl groups is 8. The molecule has 0 aliphatic rings. The zero-order valence-corrected chi connectivity index (χ0v) is 41.1. The number of carboxylic acid groups (broad SMARTS) is 4. The monoisotopic (exact) mass is 952 g/mol. The zero-order chi connectivity index (χ0) is 48.2. The molecule has 4 atom stereocenters. The second-order valence-corrected chi connectivity index (χ2v) is 15.8. The van der Waals surface area contributed by atoms with Gasteiger partial charge in [-0.15, -0.1) is 0 Å². The summed E-state index contributed by atoms with van der Waals surface area (Å²) in [5, 5.41) is 123. The first-order valence-corrected chi connectivity index (χ1v) is 18.3. The first-order chi connectivity index (χ1) is 27.2. The van der Waals surface area contributed by atoms with Crippen molar-refractivity contribution in [2.75, 3.05) is 52.6 Å². The molecule has 0 bridgehead atoms. The quantitative estimate of drug-likeness (QED) is 0.0400. The standard InChI is InChI=1S/4C9H17NO5.2Ca/c4*1-9(2,5-11)7(14)8(15)10-4-3-6(12)13;;/h4*7,11,14H,3-5H2,1-2H3,(H,10,15)(H,12,13);;/q;;;;2*+2/p-4/t4*7-;;/m0000../s1. The van der Waals surface area contributed by atoms with Crippen LogP contribution in [0.25, 0.3) is 0 Å². The fraction of sp³-hybridized carbons (Fsp3) is 0.778. The van der Waals surface area contributed by atoms with Crippen molar-refractivity contribution in [3.63, 3.8) is 0 Å². The molecule has 12 N–H and O–H groups in total. The Morgan fingerprint density at radius 1 is 0.371 bits per heavy atom. The van der Waals surface area contributed by atoms with Gasteiger partial charge in [0.25, 0.3) is 0 Å². The third-order valence-corrected chi connectivity index (χ3v) is 8.10. The van der Waals surface area contributed by atoms with E-state index in [2.05, 4.69) is 21.3 Å². The van der Waals surface area contributed by atoms with Crippen molar-refractivity contribution in [2.24, 2.45) is 21.7 Å². The molecule has 0 saturated carbocycles. The molecule has 0 aromatic heterocycles. The van der Waals surface area contributed by atoms with E-state index in [9.17, 15) is 79.2 Å². The van der Waals surface area contributed by atoms with Gasteiger partial charge in [0, 0.05) is 97.4 Å². The fourth-order valence-electron chi connectivity index (χ4n) is 3.30. The Bertz CT molecular complexity index is 1170. The van der Waals surface area contributed by atoms with Gasteiger partial charge in [-0.3, -0.25) is 19.2 Å². The van der Waals surface area contributed by atoms with E-state index >= 15 is 0 Å². The largest absolute Gasteiger partial charge is 2.00 e. The Morgan fingerprint density at radius 2 is 0.500 bits per heavy atom. The van der Waals surface area contributed by atoms with Crippen molar-refractivity contribution in [2.45, 2.75) is 105 Å². The summed E-state index contributed by atoms with van der Waals surface area (Å²) in [6, 6.07) is 0. The summed E-state index contributed by atoms with van der Waals surface area (Å²) >= 11 is 0. The molecule has 0 spiro atoms. The number of aliphatic carboxylic acids is 4. The maximum Gasteiger partial charge on any atom is 2.00 e. The van der Waals surface area contributed by atoms with Crippen molar-refractivity contribution in [1.82, 2.24) is 21.3 Å². The van der Waals surface area contributed by atoms with Crippen LogP contribution in [0.15, 0.2) is 0 Å². The van der Waals surface area contributed by atoms with Gasteiger partial charge in [0.1, 0.15) is 24.4 Å². The van der Waals surface area contributed by atoms with Gasteiger partial charge in [-0.05, 0) is 0 Å². The molecule has 62 heavy (non-hydrogen) atoms. The molecule has 0 heterocycles. The predicted molar refractivity (Wildman–Crippen MR) is 210 cm³/mol. The zero-order valence-electron chi connectivity index (χ0n) is 36.7. The fourth-order valence-corrected chi connectivity index (χ4v) is 3.30. The molecule has 0 aromatic carbocycles. The molecule has 0 fully saturated rings. The number of amides is 4. The third-order valence-electron chi connectivity index (χ3n) is 8.10. The van der Waals surface area contributed by atoms with E-state index in [-0.39, 0.29) is 154 Å². The van der Waals surface area contributed by atoms with Crippen LogP contribution in [0, 0.1) is 21.7 Å². The number of hydrogen-bond donors (Lipinski definition) is 12. The van der Waals surface area contributed by atoms with E-state index in [1.807, 2.05) is 0 Å². The van der Waals surface area contributed by atoms with Crippen molar-refractivity contribution < 1.29 is 99.6 Å². The second-order valence-electron chi connectivity index (χ2n) is 15.8. The topological polar surface area (TPSA) is 439 Å². The smallest absolute Gasteiger partial charge is 0.550 e.